The zero-order valence-electron chi connectivity index (χ0n) is 9.41. The number of benzene rings is 1. The third-order valence-electron chi connectivity index (χ3n) is 2.20. The van der Waals surface area contributed by atoms with Crippen LogP contribution in [0.1, 0.15) is 5.56 Å². The quantitative estimate of drug-likeness (QED) is 0.624. The van der Waals surface area contributed by atoms with Gasteiger partial charge in [-0.25, -0.2) is 4.39 Å². The van der Waals surface area contributed by atoms with Crippen LogP contribution in [0.2, 0.25) is 0 Å². The molecule has 0 fully saturated rings. The van der Waals surface area contributed by atoms with Crippen LogP contribution < -0.4 is 4.74 Å². The second-order valence-electron chi connectivity index (χ2n) is 3.46. The topological polar surface area (TPSA) is 89.0 Å². The van der Waals surface area contributed by atoms with Gasteiger partial charge in [0.1, 0.15) is 17.6 Å². The fourth-order valence-corrected chi connectivity index (χ4v) is 1.33. The molecule has 2 rings (SSSR count). The number of hydrogen-bond donors (Lipinski definition) is 0. The number of aromatic nitrogens is 1. The lowest BCUT2D eigenvalue weighted by atomic mass is 10.2. The summed E-state index contributed by atoms with van der Waals surface area (Å²) in [5.41, 5.74) is -0.0887. The van der Waals surface area contributed by atoms with Crippen molar-refractivity contribution in [1.82, 2.24) is 4.98 Å². The highest BCUT2D eigenvalue weighted by atomic mass is 19.1. The molecule has 1 aromatic carbocycles. The molecule has 0 atom stereocenters. The summed E-state index contributed by atoms with van der Waals surface area (Å²) < 4.78 is 18.6. The Kier molecular flexibility index (Phi) is 3.34. The van der Waals surface area contributed by atoms with Crippen LogP contribution in [0.15, 0.2) is 36.5 Å². The van der Waals surface area contributed by atoms with E-state index in [1.54, 1.807) is 6.07 Å². The van der Waals surface area contributed by atoms with Crippen LogP contribution in [0.4, 0.5) is 10.2 Å². The van der Waals surface area contributed by atoms with Gasteiger partial charge in [0.25, 0.3) is 0 Å². The third kappa shape index (κ3) is 2.81. The lowest BCUT2D eigenvalue weighted by molar-refractivity contribution is -0.389. The van der Waals surface area contributed by atoms with E-state index in [0.717, 1.165) is 12.3 Å². The van der Waals surface area contributed by atoms with Crippen LogP contribution in [0, 0.1) is 27.3 Å². The Morgan fingerprint density at radius 3 is 2.58 bits per heavy atom. The first-order valence-corrected chi connectivity index (χ1v) is 5.08. The zero-order valence-corrected chi connectivity index (χ0v) is 9.41. The summed E-state index contributed by atoms with van der Waals surface area (Å²) in [7, 11) is 0. The second-order valence-corrected chi connectivity index (χ2v) is 3.46. The van der Waals surface area contributed by atoms with E-state index in [2.05, 4.69) is 4.98 Å². The molecule has 0 spiro atoms. The van der Waals surface area contributed by atoms with Crippen molar-refractivity contribution in [3.05, 3.63) is 58.0 Å². The number of nitrogens with zero attached hydrogens (tertiary/aromatic N) is 3. The second kappa shape index (κ2) is 5.10. The largest absolute Gasteiger partial charge is 0.453 e. The van der Waals surface area contributed by atoms with Gasteiger partial charge in [-0.3, -0.25) is 0 Å². The van der Waals surface area contributed by atoms with Crippen LogP contribution in [0.3, 0.4) is 0 Å². The highest BCUT2D eigenvalue weighted by molar-refractivity contribution is 5.38. The maximum Gasteiger partial charge on any atom is 0.363 e. The number of pyridine rings is 1. The molecule has 7 heteroatoms. The first-order valence-electron chi connectivity index (χ1n) is 5.08. The van der Waals surface area contributed by atoms with Crippen molar-refractivity contribution >= 4 is 5.82 Å². The summed E-state index contributed by atoms with van der Waals surface area (Å²) in [4.78, 5) is 13.3. The minimum absolute atomic E-state index is 0.0887. The fourth-order valence-electron chi connectivity index (χ4n) is 1.33. The van der Waals surface area contributed by atoms with Gasteiger partial charge in [-0.15, -0.1) is 0 Å². The number of halogens is 1. The van der Waals surface area contributed by atoms with Gasteiger partial charge in [-0.05, 0) is 28.1 Å². The summed E-state index contributed by atoms with van der Waals surface area (Å²) in [6.07, 6.45) is 1.16. The smallest absolute Gasteiger partial charge is 0.363 e. The minimum Gasteiger partial charge on any atom is -0.453 e. The predicted molar refractivity (Wildman–Crippen MR) is 62.1 cm³/mol. The Labute approximate surface area is 106 Å². The third-order valence-corrected chi connectivity index (χ3v) is 2.20. The standard InChI is InChI=1S/C12H6FN3O3/c13-11-5-9(2-1-8(11)6-14)19-10-3-4-12(15-7-10)16(17)18/h1-5,7H. The van der Waals surface area contributed by atoms with Crippen LogP contribution in [-0.4, -0.2) is 9.91 Å². The minimum atomic E-state index is -0.699. The molecular formula is C12H6FN3O3. The maximum atomic E-state index is 13.3. The highest BCUT2D eigenvalue weighted by Gasteiger charge is 2.09. The Morgan fingerprint density at radius 1 is 1.32 bits per heavy atom. The fraction of sp³-hybridized carbons (Fsp3) is 0. The van der Waals surface area contributed by atoms with Crippen molar-refractivity contribution in [3.63, 3.8) is 0 Å². The molecule has 94 valence electrons. The molecule has 0 bridgehead atoms. The van der Waals surface area contributed by atoms with Crippen LogP contribution in [-0.2, 0) is 0 Å². The average molecular weight is 259 g/mol. The zero-order chi connectivity index (χ0) is 13.8. The molecule has 2 aromatic rings. The summed E-state index contributed by atoms with van der Waals surface area (Å²) in [6, 6.07) is 7.97. The molecule has 0 unspecified atom stereocenters. The van der Waals surface area contributed by atoms with Crippen molar-refractivity contribution in [1.29, 1.82) is 5.26 Å². The van der Waals surface area contributed by atoms with E-state index in [1.165, 1.54) is 24.3 Å². The Hall–Kier alpha value is -3.01. The van der Waals surface area contributed by atoms with Gasteiger partial charge < -0.3 is 14.9 Å². The lowest BCUT2D eigenvalue weighted by Crippen LogP contribution is -1.92. The van der Waals surface area contributed by atoms with E-state index < -0.39 is 10.7 Å². The van der Waals surface area contributed by atoms with Gasteiger partial charge in [-0.2, -0.15) is 5.26 Å². The Balaban J connectivity index is 2.19. The van der Waals surface area contributed by atoms with Crippen molar-refractivity contribution < 1.29 is 14.1 Å². The summed E-state index contributed by atoms with van der Waals surface area (Å²) in [5.74, 6) is -0.602. The van der Waals surface area contributed by atoms with Crippen molar-refractivity contribution in [3.8, 4) is 17.6 Å². The molecular weight excluding hydrogens is 253 g/mol. The van der Waals surface area contributed by atoms with Gasteiger partial charge in [0.15, 0.2) is 11.9 Å². The van der Waals surface area contributed by atoms with Crippen LogP contribution in [0.25, 0.3) is 0 Å². The molecule has 0 aliphatic rings. The van der Waals surface area contributed by atoms with E-state index >= 15 is 0 Å². The number of nitriles is 1. The average Bonchev–Trinajstić information content (AvgIpc) is 2.39. The van der Waals surface area contributed by atoms with Gasteiger partial charge in [-0.1, -0.05) is 0 Å². The molecule has 0 saturated heterocycles. The molecule has 0 aliphatic carbocycles. The van der Waals surface area contributed by atoms with E-state index in [0.29, 0.717) is 0 Å². The first-order chi connectivity index (χ1) is 9.10. The van der Waals surface area contributed by atoms with Crippen LogP contribution >= 0.6 is 0 Å². The highest BCUT2D eigenvalue weighted by Crippen LogP contribution is 2.23. The molecule has 6 nitrogen and oxygen atoms in total. The monoisotopic (exact) mass is 259 g/mol. The van der Waals surface area contributed by atoms with E-state index in [-0.39, 0.29) is 22.9 Å². The molecule has 0 aliphatic heterocycles. The lowest BCUT2D eigenvalue weighted by Gasteiger charge is -2.04. The molecule has 1 heterocycles. The maximum absolute atomic E-state index is 13.3. The molecule has 0 N–H and O–H groups in total. The van der Waals surface area contributed by atoms with Crippen molar-refractivity contribution in [2.24, 2.45) is 0 Å². The van der Waals surface area contributed by atoms with Crippen molar-refractivity contribution in [2.45, 2.75) is 0 Å². The molecule has 0 amide bonds. The molecule has 0 saturated carbocycles. The predicted octanol–water partition coefficient (Wildman–Crippen LogP) is 2.79. The number of hydrogen-bond acceptors (Lipinski definition) is 5. The van der Waals surface area contributed by atoms with E-state index in [1.807, 2.05) is 0 Å². The number of nitro groups is 1. The van der Waals surface area contributed by atoms with Crippen molar-refractivity contribution in [2.75, 3.05) is 0 Å². The van der Waals surface area contributed by atoms with Gasteiger partial charge in [0.2, 0.25) is 0 Å². The normalized spacial score (nSPS) is 9.68. The van der Waals surface area contributed by atoms with Crippen LogP contribution in [0.5, 0.6) is 11.5 Å². The van der Waals surface area contributed by atoms with E-state index in [9.17, 15) is 14.5 Å². The SMILES string of the molecule is N#Cc1ccc(Oc2ccc([N+](=O)[O-])nc2)cc1F. The van der Waals surface area contributed by atoms with Gasteiger partial charge in [0, 0.05) is 12.1 Å². The number of rotatable bonds is 3. The molecule has 19 heavy (non-hydrogen) atoms. The molecule has 1 aromatic heterocycles. The summed E-state index contributed by atoms with van der Waals surface area (Å²) in [5, 5.41) is 19.0. The van der Waals surface area contributed by atoms with E-state index in [4.69, 9.17) is 10.00 Å². The number of ether oxygens (including phenoxy) is 1. The summed E-state index contributed by atoms with van der Waals surface area (Å²) in [6.45, 7) is 0. The Morgan fingerprint density at radius 2 is 2.05 bits per heavy atom. The van der Waals surface area contributed by atoms with Gasteiger partial charge >= 0.3 is 5.82 Å². The summed E-state index contributed by atoms with van der Waals surface area (Å²) >= 11 is 0. The Bertz CT molecular complexity index is 665. The van der Waals surface area contributed by atoms with Gasteiger partial charge in [0.05, 0.1) is 5.56 Å². The first kappa shape index (κ1) is 12.4. The molecule has 0 radical (unpaired) electrons.